The van der Waals surface area contributed by atoms with Crippen molar-refractivity contribution in [3.63, 3.8) is 0 Å². The van der Waals surface area contributed by atoms with Crippen molar-refractivity contribution in [2.75, 3.05) is 0 Å². The standard InChI is InChI=1S/C41H58N4O8/c1-9-11-17-27(3)22-23-34(46)45(37(48)35(28(4)10-2)44-39(50)53-40(6,7)8)33(24-41(51)26-42-32-21-16-15-20-31(32)41)36(47)43-29(5)38(49)52-25-30-18-13-12-14-19-30/h12-16,18-21,26-29,33,35,51H,9-11,17,22-25H2,1-8H3,(H,43,47)(H,44,50)/t27-,28-,29-,33+,35+,41+/m0/s1. The molecule has 0 saturated heterocycles. The van der Waals surface area contributed by atoms with Crippen molar-refractivity contribution in [3.8, 4) is 0 Å². The third kappa shape index (κ3) is 12.5. The van der Waals surface area contributed by atoms with Crippen LogP contribution in [0.4, 0.5) is 10.5 Å². The Morgan fingerprint density at radius 2 is 1.58 bits per heavy atom. The van der Waals surface area contributed by atoms with E-state index in [0.717, 1.165) is 29.7 Å². The molecule has 0 spiro atoms. The van der Waals surface area contributed by atoms with Crippen LogP contribution in [-0.4, -0.2) is 69.7 Å². The third-order valence-corrected chi connectivity index (χ3v) is 9.40. The van der Waals surface area contributed by atoms with Gasteiger partial charge in [0.05, 0.1) is 5.69 Å². The van der Waals surface area contributed by atoms with Crippen LogP contribution in [0, 0.1) is 11.8 Å². The predicted molar refractivity (Wildman–Crippen MR) is 203 cm³/mol. The largest absolute Gasteiger partial charge is 0.459 e. The summed E-state index contributed by atoms with van der Waals surface area (Å²) in [5.41, 5.74) is -1.10. The summed E-state index contributed by atoms with van der Waals surface area (Å²) in [6, 6.07) is 11.8. The predicted octanol–water partition coefficient (Wildman–Crippen LogP) is 6.50. The van der Waals surface area contributed by atoms with E-state index in [2.05, 4.69) is 22.5 Å². The molecule has 3 N–H and O–H groups in total. The second kappa shape index (κ2) is 19.5. The van der Waals surface area contributed by atoms with E-state index in [1.165, 1.54) is 13.1 Å². The molecular formula is C41H58N4O8. The van der Waals surface area contributed by atoms with Crippen LogP contribution in [-0.2, 0) is 40.9 Å². The second-order valence-corrected chi connectivity index (χ2v) is 15.1. The van der Waals surface area contributed by atoms with Crippen molar-refractivity contribution in [1.29, 1.82) is 0 Å². The number of aliphatic imine (C=N–C) groups is 1. The number of unbranched alkanes of at least 4 members (excludes halogenated alkanes) is 1. The first-order chi connectivity index (χ1) is 25.0. The van der Waals surface area contributed by atoms with Crippen molar-refractivity contribution in [3.05, 3.63) is 65.7 Å². The van der Waals surface area contributed by atoms with Gasteiger partial charge in [-0.3, -0.25) is 24.3 Å². The lowest BCUT2D eigenvalue weighted by atomic mass is 9.87. The quantitative estimate of drug-likeness (QED) is 0.146. The van der Waals surface area contributed by atoms with E-state index >= 15 is 0 Å². The zero-order valence-electron chi connectivity index (χ0n) is 32.5. The third-order valence-electron chi connectivity index (χ3n) is 9.40. The van der Waals surface area contributed by atoms with Gasteiger partial charge >= 0.3 is 12.1 Å². The molecule has 53 heavy (non-hydrogen) atoms. The Labute approximate surface area is 314 Å². The number of carbonyl (C=O) groups excluding carboxylic acids is 5. The number of hydrogen-bond donors (Lipinski definition) is 3. The van der Waals surface area contributed by atoms with E-state index in [4.69, 9.17) is 9.47 Å². The molecule has 0 aromatic heterocycles. The summed E-state index contributed by atoms with van der Waals surface area (Å²) in [6.45, 7) is 14.2. The van der Waals surface area contributed by atoms with Crippen molar-refractivity contribution >= 4 is 41.7 Å². The number of benzene rings is 2. The first kappa shape index (κ1) is 42.8. The number of para-hydroxylation sites is 1. The minimum absolute atomic E-state index is 0.0253. The maximum atomic E-state index is 14.8. The Balaban J connectivity index is 2.06. The molecule has 290 valence electrons. The van der Waals surface area contributed by atoms with Gasteiger partial charge in [0.25, 0.3) is 5.91 Å². The monoisotopic (exact) mass is 734 g/mol. The summed E-state index contributed by atoms with van der Waals surface area (Å²) in [7, 11) is 0. The van der Waals surface area contributed by atoms with Gasteiger partial charge in [0.15, 0.2) is 0 Å². The van der Waals surface area contributed by atoms with Gasteiger partial charge in [-0.1, -0.05) is 102 Å². The van der Waals surface area contributed by atoms with Gasteiger partial charge in [0.2, 0.25) is 11.8 Å². The summed E-state index contributed by atoms with van der Waals surface area (Å²) in [6.07, 6.45) is 3.63. The number of carbonyl (C=O) groups is 5. The van der Waals surface area contributed by atoms with Crippen molar-refractivity contribution in [2.45, 2.75) is 136 Å². The molecule has 0 unspecified atom stereocenters. The minimum atomic E-state index is -1.85. The number of ether oxygens (including phenoxy) is 2. The van der Waals surface area contributed by atoms with Gasteiger partial charge in [-0.25, -0.2) is 9.59 Å². The lowest BCUT2D eigenvalue weighted by molar-refractivity contribution is -0.156. The highest BCUT2D eigenvalue weighted by Crippen LogP contribution is 2.39. The molecule has 1 heterocycles. The first-order valence-electron chi connectivity index (χ1n) is 18.7. The van der Waals surface area contributed by atoms with E-state index in [9.17, 15) is 29.1 Å². The zero-order chi connectivity index (χ0) is 39.3. The lowest BCUT2D eigenvalue weighted by Crippen LogP contribution is -2.61. The Morgan fingerprint density at radius 1 is 0.925 bits per heavy atom. The van der Waals surface area contributed by atoms with Crippen molar-refractivity contribution in [1.82, 2.24) is 15.5 Å². The maximum absolute atomic E-state index is 14.8. The Hall–Kier alpha value is -4.58. The number of alkyl carbamates (subject to hydrolysis) is 1. The zero-order valence-corrected chi connectivity index (χ0v) is 32.5. The molecular weight excluding hydrogens is 676 g/mol. The topological polar surface area (TPSA) is 164 Å². The average molecular weight is 735 g/mol. The summed E-state index contributed by atoms with van der Waals surface area (Å²) >= 11 is 0. The molecule has 2 aromatic rings. The van der Waals surface area contributed by atoms with E-state index in [-0.39, 0.29) is 18.9 Å². The van der Waals surface area contributed by atoms with Crippen LogP contribution in [0.15, 0.2) is 59.6 Å². The maximum Gasteiger partial charge on any atom is 0.408 e. The van der Waals surface area contributed by atoms with Crippen LogP contribution in [0.1, 0.15) is 111 Å². The molecule has 2 aromatic carbocycles. The second-order valence-electron chi connectivity index (χ2n) is 15.1. The summed E-state index contributed by atoms with van der Waals surface area (Å²) in [5, 5.41) is 17.3. The molecule has 3 rings (SSSR count). The van der Waals surface area contributed by atoms with Gasteiger partial charge in [0, 0.05) is 24.6 Å². The fourth-order valence-corrected chi connectivity index (χ4v) is 6.08. The van der Waals surface area contributed by atoms with Crippen molar-refractivity contribution in [2.24, 2.45) is 16.8 Å². The molecule has 1 aliphatic rings. The highest BCUT2D eigenvalue weighted by molar-refractivity contribution is 6.04. The highest BCUT2D eigenvalue weighted by Gasteiger charge is 2.46. The van der Waals surface area contributed by atoms with E-state index < -0.39 is 71.5 Å². The van der Waals surface area contributed by atoms with Gasteiger partial charge in [-0.15, -0.1) is 0 Å². The summed E-state index contributed by atoms with van der Waals surface area (Å²) in [4.78, 5) is 75.1. The molecule has 0 aliphatic carbocycles. The van der Waals surface area contributed by atoms with Crippen LogP contribution in [0.25, 0.3) is 0 Å². The Bertz CT molecular complexity index is 1590. The number of nitrogens with one attached hydrogen (secondary N) is 2. The average Bonchev–Trinajstić information content (AvgIpc) is 3.45. The summed E-state index contributed by atoms with van der Waals surface area (Å²) in [5.74, 6) is -3.40. The van der Waals surface area contributed by atoms with E-state index in [0.29, 0.717) is 24.1 Å². The highest BCUT2D eigenvalue weighted by atomic mass is 16.6. The Kier molecular flexibility index (Phi) is 15.7. The van der Waals surface area contributed by atoms with E-state index in [1.54, 1.807) is 64.1 Å². The van der Waals surface area contributed by atoms with Gasteiger partial charge in [-0.2, -0.15) is 0 Å². The molecule has 0 saturated carbocycles. The van der Waals surface area contributed by atoms with Crippen LogP contribution in [0.2, 0.25) is 0 Å². The normalized spacial score (nSPS) is 17.8. The number of esters is 1. The molecule has 0 bridgehead atoms. The lowest BCUT2D eigenvalue weighted by Gasteiger charge is -2.37. The number of amides is 4. The minimum Gasteiger partial charge on any atom is -0.459 e. The van der Waals surface area contributed by atoms with E-state index in [1.807, 2.05) is 32.0 Å². The number of nitrogens with zero attached hydrogens (tertiary/aromatic N) is 2. The number of fused-ring (bicyclic) bond motifs is 1. The van der Waals surface area contributed by atoms with Crippen LogP contribution in [0.3, 0.4) is 0 Å². The summed E-state index contributed by atoms with van der Waals surface area (Å²) < 4.78 is 10.9. The van der Waals surface area contributed by atoms with Crippen LogP contribution in [0.5, 0.6) is 0 Å². The number of imide groups is 1. The van der Waals surface area contributed by atoms with Crippen LogP contribution >= 0.6 is 0 Å². The van der Waals surface area contributed by atoms with Gasteiger partial charge < -0.3 is 25.2 Å². The van der Waals surface area contributed by atoms with Gasteiger partial charge in [-0.05, 0) is 57.6 Å². The molecule has 0 radical (unpaired) electrons. The molecule has 6 atom stereocenters. The van der Waals surface area contributed by atoms with Crippen molar-refractivity contribution < 1.29 is 38.6 Å². The molecule has 1 aliphatic heterocycles. The molecule has 0 fully saturated rings. The first-order valence-corrected chi connectivity index (χ1v) is 18.7. The number of aliphatic hydroxyl groups is 1. The molecule has 12 nitrogen and oxygen atoms in total. The van der Waals surface area contributed by atoms with Gasteiger partial charge in [0.1, 0.15) is 35.9 Å². The fraction of sp³-hybridized carbons (Fsp3) is 0.561. The molecule has 4 amide bonds. The number of rotatable bonds is 18. The number of hydrogen-bond acceptors (Lipinski definition) is 9. The van der Waals surface area contributed by atoms with Crippen LogP contribution < -0.4 is 10.6 Å². The SMILES string of the molecule is CCCC[C@H](C)CCC(=O)N(C(=O)[C@H](NC(=O)OC(C)(C)C)[C@@H](C)CC)[C@H](C[C@@]1(O)C=Nc2ccccc21)C(=O)N[C@@H](C)C(=O)OCc1ccccc1. The smallest absolute Gasteiger partial charge is 0.408 e. The fourth-order valence-electron chi connectivity index (χ4n) is 6.08. The molecule has 12 heteroatoms. The Morgan fingerprint density at radius 3 is 2.23 bits per heavy atom.